The zero-order chi connectivity index (χ0) is 25.5. The Bertz CT molecular complexity index is 865. The van der Waals surface area contributed by atoms with Crippen LogP contribution in [0.25, 0.3) is 0 Å². The highest BCUT2D eigenvalue weighted by molar-refractivity contribution is 5.36. The molecule has 0 aromatic heterocycles. The lowest BCUT2D eigenvalue weighted by molar-refractivity contribution is -0.274. The third-order valence-corrected chi connectivity index (χ3v) is 5.16. The number of hydrogen-bond acceptors (Lipinski definition) is 7. The summed E-state index contributed by atoms with van der Waals surface area (Å²) in [5.74, 6) is -0.257. The summed E-state index contributed by atoms with van der Waals surface area (Å²) in [6.45, 7) is 2.41. The summed E-state index contributed by atoms with van der Waals surface area (Å²) in [4.78, 5) is 0. The first kappa shape index (κ1) is 28.9. The van der Waals surface area contributed by atoms with Crippen LogP contribution in [-0.4, -0.2) is 54.6 Å². The Kier molecular flexibility index (Phi) is 12.9. The van der Waals surface area contributed by atoms with Crippen molar-refractivity contribution in [3.63, 3.8) is 0 Å². The van der Waals surface area contributed by atoms with Gasteiger partial charge in [0.15, 0.2) is 0 Å². The van der Waals surface area contributed by atoms with Crippen molar-refractivity contribution >= 4 is 0 Å². The number of ether oxygens (including phenoxy) is 3. The van der Waals surface area contributed by atoms with Gasteiger partial charge in [0.1, 0.15) is 11.5 Å². The van der Waals surface area contributed by atoms with Crippen LogP contribution >= 0.6 is 0 Å². The van der Waals surface area contributed by atoms with E-state index >= 15 is 0 Å². The van der Waals surface area contributed by atoms with E-state index in [1.165, 1.54) is 24.3 Å². The fraction of sp³-hybridized carbons (Fsp3) is 0.520. The molecule has 0 aliphatic rings. The minimum atomic E-state index is -4.72. The molecule has 0 bridgehead atoms. The second-order valence-corrected chi connectivity index (χ2v) is 8.04. The molecule has 2 aromatic carbocycles. The fourth-order valence-electron chi connectivity index (χ4n) is 3.35. The van der Waals surface area contributed by atoms with Gasteiger partial charge in [-0.2, -0.15) is 0 Å². The van der Waals surface area contributed by atoms with E-state index in [1.54, 1.807) is 18.2 Å². The molecular weight excluding hydrogens is 467 g/mol. The molecule has 0 radical (unpaired) electrons. The second-order valence-electron chi connectivity index (χ2n) is 8.04. The fourth-order valence-corrected chi connectivity index (χ4v) is 3.35. The molecule has 0 heterocycles. The molecule has 0 aliphatic heterocycles. The van der Waals surface area contributed by atoms with E-state index in [0.717, 1.165) is 32.2 Å². The molecule has 1 unspecified atom stereocenters. The van der Waals surface area contributed by atoms with Gasteiger partial charge in [-0.15, -0.1) is 13.2 Å². The Morgan fingerprint density at radius 2 is 1.69 bits per heavy atom. The maximum Gasteiger partial charge on any atom is 0.573 e. The van der Waals surface area contributed by atoms with Crippen LogP contribution in [0.4, 0.5) is 13.2 Å². The zero-order valence-electron chi connectivity index (χ0n) is 19.6. The zero-order valence-corrected chi connectivity index (χ0v) is 19.6. The second kappa shape index (κ2) is 15.6. The summed E-state index contributed by atoms with van der Waals surface area (Å²) in [7, 11) is 0. The number of aliphatic hydroxyl groups is 2. The van der Waals surface area contributed by atoms with Crippen molar-refractivity contribution in [3.05, 3.63) is 59.2 Å². The lowest BCUT2D eigenvalue weighted by Crippen LogP contribution is -2.22. The third-order valence-electron chi connectivity index (χ3n) is 5.16. The number of benzene rings is 2. The third kappa shape index (κ3) is 12.2. The van der Waals surface area contributed by atoms with Gasteiger partial charge in [0, 0.05) is 18.7 Å². The number of hydrogen-bond donors (Lipinski definition) is 4. The van der Waals surface area contributed by atoms with E-state index in [1.807, 2.05) is 0 Å². The molecule has 0 fully saturated rings. The van der Waals surface area contributed by atoms with Gasteiger partial charge in [0.2, 0.25) is 0 Å². The van der Waals surface area contributed by atoms with Gasteiger partial charge in [-0.3, -0.25) is 0 Å². The van der Waals surface area contributed by atoms with E-state index in [0.29, 0.717) is 43.1 Å². The van der Waals surface area contributed by atoms with Gasteiger partial charge in [-0.1, -0.05) is 31.0 Å². The van der Waals surface area contributed by atoms with Crippen molar-refractivity contribution in [1.29, 1.82) is 0 Å². The molecule has 2 aromatic rings. The SMILES string of the molecule is OCc1cc(C(O)CNCCCCCCOCCOCc2cccc(OC(F)(F)F)c2)ccc1O. The monoisotopic (exact) mass is 501 g/mol. The number of nitrogens with one attached hydrogen (secondary N) is 1. The number of phenols is 1. The van der Waals surface area contributed by atoms with Crippen LogP contribution in [0.15, 0.2) is 42.5 Å². The average Bonchev–Trinajstić information content (AvgIpc) is 2.81. The van der Waals surface area contributed by atoms with Crippen molar-refractivity contribution in [1.82, 2.24) is 5.32 Å². The minimum absolute atomic E-state index is 0.0112. The van der Waals surface area contributed by atoms with E-state index in [2.05, 4.69) is 10.1 Å². The molecule has 35 heavy (non-hydrogen) atoms. The standard InChI is InChI=1S/C25H34F3NO6/c26-25(27,28)35-22-7-5-6-19(14-22)18-34-13-12-33-11-4-2-1-3-10-29-16-24(32)20-8-9-23(31)21(15-20)17-30/h5-9,14-15,24,29-32H,1-4,10-13,16-18H2. The van der Waals surface area contributed by atoms with E-state index in [4.69, 9.17) is 9.47 Å². The van der Waals surface area contributed by atoms with Gasteiger partial charge >= 0.3 is 6.36 Å². The number of aromatic hydroxyl groups is 1. The number of aliphatic hydroxyl groups excluding tert-OH is 2. The van der Waals surface area contributed by atoms with Crippen molar-refractivity contribution in [3.8, 4) is 11.5 Å². The van der Waals surface area contributed by atoms with Crippen molar-refractivity contribution in [2.45, 2.75) is 51.4 Å². The Morgan fingerprint density at radius 3 is 2.46 bits per heavy atom. The van der Waals surface area contributed by atoms with Gasteiger partial charge < -0.3 is 34.8 Å². The maximum atomic E-state index is 12.3. The highest BCUT2D eigenvalue weighted by Gasteiger charge is 2.31. The normalized spacial score (nSPS) is 12.6. The van der Waals surface area contributed by atoms with E-state index in [9.17, 15) is 28.5 Å². The number of rotatable bonds is 17. The van der Waals surface area contributed by atoms with Crippen LogP contribution in [0.3, 0.4) is 0 Å². The highest BCUT2D eigenvalue weighted by atomic mass is 19.4. The molecule has 7 nitrogen and oxygen atoms in total. The predicted octanol–water partition coefficient (Wildman–Crippen LogP) is 4.20. The molecule has 0 spiro atoms. The molecule has 0 saturated carbocycles. The summed E-state index contributed by atoms with van der Waals surface area (Å²) in [5, 5.41) is 32.2. The molecule has 196 valence electrons. The molecule has 10 heteroatoms. The predicted molar refractivity (Wildman–Crippen MR) is 124 cm³/mol. The first-order valence-electron chi connectivity index (χ1n) is 11.6. The van der Waals surface area contributed by atoms with E-state index in [-0.39, 0.29) is 24.7 Å². The van der Waals surface area contributed by atoms with Crippen molar-refractivity contribution < 1.29 is 42.7 Å². The van der Waals surface area contributed by atoms with Crippen LogP contribution in [0.2, 0.25) is 0 Å². The Labute approximate surface area is 203 Å². The molecule has 0 saturated heterocycles. The lowest BCUT2D eigenvalue weighted by atomic mass is 10.1. The first-order chi connectivity index (χ1) is 16.8. The van der Waals surface area contributed by atoms with Gasteiger partial charge in [-0.25, -0.2) is 0 Å². The Hall–Kier alpha value is -2.37. The van der Waals surface area contributed by atoms with Crippen LogP contribution in [0, 0.1) is 0 Å². The molecular formula is C25H34F3NO6. The highest BCUT2D eigenvalue weighted by Crippen LogP contribution is 2.24. The maximum absolute atomic E-state index is 12.3. The number of alkyl halides is 3. The quantitative estimate of drug-likeness (QED) is 0.241. The van der Waals surface area contributed by atoms with Gasteiger partial charge in [0.05, 0.1) is 32.5 Å². The Morgan fingerprint density at radius 1 is 0.914 bits per heavy atom. The molecule has 0 aliphatic carbocycles. The van der Waals surface area contributed by atoms with Crippen molar-refractivity contribution in [2.75, 3.05) is 32.9 Å². The van der Waals surface area contributed by atoms with Crippen LogP contribution in [-0.2, 0) is 22.7 Å². The smallest absolute Gasteiger partial charge is 0.508 e. The summed E-state index contributed by atoms with van der Waals surface area (Å²) in [5.41, 5.74) is 1.62. The van der Waals surface area contributed by atoms with Gasteiger partial charge in [0.25, 0.3) is 0 Å². The summed E-state index contributed by atoms with van der Waals surface area (Å²) in [6, 6.07) is 10.4. The summed E-state index contributed by atoms with van der Waals surface area (Å²) >= 11 is 0. The molecule has 4 N–H and O–H groups in total. The minimum Gasteiger partial charge on any atom is -0.508 e. The Balaban J connectivity index is 1.42. The van der Waals surface area contributed by atoms with Crippen LogP contribution in [0.5, 0.6) is 11.5 Å². The molecule has 2 rings (SSSR count). The van der Waals surface area contributed by atoms with Crippen LogP contribution < -0.4 is 10.1 Å². The average molecular weight is 502 g/mol. The number of unbranched alkanes of at least 4 members (excludes halogenated alkanes) is 3. The molecule has 0 amide bonds. The number of halogens is 3. The summed E-state index contributed by atoms with van der Waals surface area (Å²) < 4.78 is 51.6. The first-order valence-corrected chi connectivity index (χ1v) is 11.6. The van der Waals surface area contributed by atoms with Gasteiger partial charge in [-0.05, 0) is 54.8 Å². The largest absolute Gasteiger partial charge is 0.573 e. The summed E-state index contributed by atoms with van der Waals surface area (Å²) in [6.07, 6.45) is -1.52. The molecule has 1 atom stereocenters. The lowest BCUT2D eigenvalue weighted by Gasteiger charge is -2.14. The van der Waals surface area contributed by atoms with Crippen LogP contribution in [0.1, 0.15) is 48.5 Å². The van der Waals surface area contributed by atoms with Crippen molar-refractivity contribution in [2.24, 2.45) is 0 Å². The van der Waals surface area contributed by atoms with E-state index < -0.39 is 12.5 Å². The topological polar surface area (TPSA) is 100 Å².